The van der Waals surface area contributed by atoms with Gasteiger partial charge in [0.1, 0.15) is 59.2 Å². The number of hydrogen-bond donors (Lipinski definition) is 9. The largest absolute Gasteiger partial charge is 0.497 e. The van der Waals surface area contributed by atoms with E-state index in [1.165, 1.54) is 71.6 Å². The molecule has 26 heteroatoms. The Morgan fingerprint density at radius 1 is 0.760 bits per heavy atom. The summed E-state index contributed by atoms with van der Waals surface area (Å²) in [4.78, 5) is 152. The van der Waals surface area contributed by atoms with Gasteiger partial charge in [-0.3, -0.25) is 47.9 Å². The van der Waals surface area contributed by atoms with Gasteiger partial charge in [0.15, 0.2) is 5.78 Å². The van der Waals surface area contributed by atoms with E-state index in [1.807, 2.05) is 37.3 Å². The molecule has 9 amide bonds. The van der Waals surface area contributed by atoms with E-state index in [2.05, 4.69) is 36.9 Å². The lowest BCUT2D eigenvalue weighted by Crippen LogP contribution is -2.63. The van der Waals surface area contributed by atoms with Gasteiger partial charge < -0.3 is 62.9 Å². The van der Waals surface area contributed by atoms with Crippen LogP contribution < -0.4 is 48.1 Å². The summed E-state index contributed by atoms with van der Waals surface area (Å²) >= 11 is 2.89. The summed E-state index contributed by atoms with van der Waals surface area (Å²) in [7, 11) is 1.51. The number of Topliss-reactive ketones (excluding diaryl/α,β-unsaturated/α-hetero) is 1. The minimum absolute atomic E-state index is 0.0472. The van der Waals surface area contributed by atoms with Crippen molar-refractivity contribution in [2.45, 2.75) is 177 Å². The highest BCUT2D eigenvalue weighted by Gasteiger charge is 2.49. The van der Waals surface area contributed by atoms with Crippen LogP contribution in [0.1, 0.15) is 132 Å². The summed E-state index contributed by atoms with van der Waals surface area (Å²) in [5.74, 6) is -7.26. The number of thioether (sulfide) groups is 2. The van der Waals surface area contributed by atoms with Crippen molar-refractivity contribution < 1.29 is 61.5 Å². The highest BCUT2D eigenvalue weighted by Crippen LogP contribution is 2.35. The van der Waals surface area contributed by atoms with Gasteiger partial charge in [-0.2, -0.15) is 23.5 Å². The number of amides is 9. The van der Waals surface area contributed by atoms with Crippen LogP contribution in [-0.2, 0) is 78.7 Å². The topological polar surface area (TPSA) is 326 Å². The molecule has 5 aromatic rings. The number of aromatic amines is 1. The molecule has 10 atom stereocenters. The van der Waals surface area contributed by atoms with Crippen LogP contribution in [0.15, 0.2) is 97.2 Å². The summed E-state index contributed by atoms with van der Waals surface area (Å²) < 4.78 is 35.4. The first-order valence-electron chi connectivity index (χ1n) is 34.5. The zero-order valence-electron chi connectivity index (χ0n) is 57.4. The number of halogens is 2. The summed E-state index contributed by atoms with van der Waals surface area (Å²) in [6, 6.07) is 14.6. The average Bonchev–Trinajstić information content (AvgIpc) is 1.45. The number of rotatable bonds is 14. The summed E-state index contributed by atoms with van der Waals surface area (Å²) in [6.07, 6.45) is 5.78. The Bertz CT molecular complexity index is 3850. The number of nitrogens with zero attached hydrogens (tertiary/aromatic N) is 2. The molecule has 536 valence electrons. The lowest BCUT2D eigenvalue weighted by Gasteiger charge is -2.37. The van der Waals surface area contributed by atoms with Crippen LogP contribution >= 0.6 is 23.5 Å². The quantitative estimate of drug-likeness (QED) is 0.0546. The van der Waals surface area contributed by atoms with Crippen LogP contribution in [0.3, 0.4) is 0 Å². The number of allylic oxidation sites excluding steroid dienone is 1. The van der Waals surface area contributed by atoms with Crippen LogP contribution in [-0.4, -0.2) is 160 Å². The fraction of sp³-hybridized carbons (Fsp3) is 0.486. The average molecular weight is 1410 g/mol. The Kier molecular flexibility index (Phi) is 26.5. The minimum atomic E-state index is -1.50. The molecule has 4 heterocycles. The number of ketones is 1. The molecule has 1 aliphatic carbocycles. The first-order chi connectivity index (χ1) is 48.0. The molecule has 11 N–H and O–H groups in total. The lowest BCUT2D eigenvalue weighted by atomic mass is 9.90. The Morgan fingerprint density at radius 3 is 2.21 bits per heavy atom. The van der Waals surface area contributed by atoms with Gasteiger partial charge in [0, 0.05) is 84.8 Å². The van der Waals surface area contributed by atoms with Gasteiger partial charge >= 0.3 is 0 Å². The van der Waals surface area contributed by atoms with Crippen molar-refractivity contribution in [1.82, 2.24) is 46.7 Å². The normalized spacial score (nSPS) is 25.1. The molecule has 4 aliphatic rings. The number of carbonyl (C=O) groups is 10. The first-order valence-corrected chi connectivity index (χ1v) is 36.8. The highest BCUT2D eigenvalue weighted by atomic mass is 32.2. The molecule has 0 radical (unpaired) electrons. The molecule has 0 saturated carbocycles. The van der Waals surface area contributed by atoms with E-state index in [4.69, 9.17) is 16.2 Å². The molecule has 2 saturated heterocycles. The third-order valence-electron chi connectivity index (χ3n) is 19.7. The van der Waals surface area contributed by atoms with E-state index >= 15 is 28.4 Å². The van der Waals surface area contributed by atoms with E-state index in [0.717, 1.165) is 16.7 Å². The molecule has 9 rings (SSSR count). The van der Waals surface area contributed by atoms with E-state index in [1.54, 1.807) is 56.4 Å². The van der Waals surface area contributed by atoms with Crippen molar-refractivity contribution in [2.75, 3.05) is 38.2 Å². The molecule has 0 spiro atoms. The van der Waals surface area contributed by atoms with Crippen molar-refractivity contribution >= 4 is 98.9 Å². The molecular weight excluding hydrogens is 1320 g/mol. The Hall–Kier alpha value is -8.62. The van der Waals surface area contributed by atoms with Crippen LogP contribution in [0, 0.1) is 23.5 Å². The number of unbranched alkanes of at least 4 members (excludes halogenated alkanes) is 1. The maximum Gasteiger partial charge on any atom is 0.246 e. The van der Waals surface area contributed by atoms with E-state index in [0.29, 0.717) is 101 Å². The van der Waals surface area contributed by atoms with E-state index in [-0.39, 0.29) is 63.8 Å². The van der Waals surface area contributed by atoms with Crippen molar-refractivity contribution in [3.8, 4) is 5.75 Å². The second-order valence-electron chi connectivity index (χ2n) is 26.8. The molecule has 1 aromatic heterocycles. The van der Waals surface area contributed by atoms with Crippen LogP contribution in [0.5, 0.6) is 5.75 Å². The zero-order valence-corrected chi connectivity index (χ0v) is 59.0. The van der Waals surface area contributed by atoms with Gasteiger partial charge in [0.05, 0.1) is 13.2 Å². The smallest absolute Gasteiger partial charge is 0.246 e. The number of aromatic nitrogens is 1. The van der Waals surface area contributed by atoms with Gasteiger partial charge in [-0.15, -0.1) is 0 Å². The molecule has 0 unspecified atom stereocenters. The molecule has 3 aliphatic heterocycles. The number of hydrogen-bond acceptors (Lipinski definition) is 14. The van der Waals surface area contributed by atoms with Gasteiger partial charge in [-0.1, -0.05) is 68.8 Å². The lowest BCUT2D eigenvalue weighted by molar-refractivity contribution is -0.147. The van der Waals surface area contributed by atoms with Crippen molar-refractivity contribution in [3.63, 3.8) is 0 Å². The van der Waals surface area contributed by atoms with Crippen LogP contribution in [0.25, 0.3) is 16.5 Å². The minimum Gasteiger partial charge on any atom is -0.497 e. The Morgan fingerprint density at radius 2 is 1.48 bits per heavy atom. The number of carbonyl (C=O) groups excluding carboxylic acids is 10. The molecule has 4 aromatic carbocycles. The number of ether oxygens (including phenoxy) is 1. The monoisotopic (exact) mass is 1410 g/mol. The third-order valence-corrected chi connectivity index (χ3v) is 21.8. The number of primary amides is 1. The maximum atomic E-state index is 15.6. The Labute approximate surface area is 590 Å². The predicted molar refractivity (Wildman–Crippen MR) is 381 cm³/mol. The fourth-order valence-electron chi connectivity index (χ4n) is 13.6. The Balaban J connectivity index is 1.05. The highest BCUT2D eigenvalue weighted by molar-refractivity contribution is 7.98. The first kappa shape index (κ1) is 75.6. The molecule has 22 nitrogen and oxygen atoms in total. The maximum absolute atomic E-state index is 15.6. The standard InChI is InChI=1S/C74H93F2N11O11S2/c1-6-43(2)65-70(94)83-59(33-45-16-23-54(98-5)24-17-45)72(96)87-30-11-27-74(87,4)73(97)84-61(66(78)90)42-100-41-47-13-9-12-46(32-47)40-99-31-26-64(89)81-58(14-7-8-28-77)68(92)80-44(3)63(88)36-50(34-51-39-79-57-25-22-53(76)38-56(51)57)67(91)82-60(71(95)86-29-10-15-62(86)69(93)85-65)35-49-19-18-48-20-21-52(75)37-55(48)49/h9,12-13,16-17,19-25,32,37-39,43-44,50,58-62,65,79H,6-8,10-11,14-15,18,26-31,33-36,40-42,77H2,1-5H3,(H2,78,90)(H,80,92)(H,81,89)(H,82,91)(H,83,94)(H,84,97)(H,85,93)/t43-,44+,50+,58-,59-,60-,61-,62-,65-,74-/m0/s1. The third kappa shape index (κ3) is 19.3. The molecule has 100 heavy (non-hydrogen) atoms. The molecular formula is C74H93F2N11O11S2. The number of nitrogens with one attached hydrogen (secondary N) is 7. The van der Waals surface area contributed by atoms with E-state index < -0.39 is 137 Å². The van der Waals surface area contributed by atoms with Crippen LogP contribution in [0.4, 0.5) is 8.78 Å². The number of fused-ring (bicyclic) bond motifs is 6. The molecule has 2 fully saturated rings. The van der Waals surface area contributed by atoms with Crippen molar-refractivity contribution in [2.24, 2.45) is 23.3 Å². The summed E-state index contributed by atoms with van der Waals surface area (Å²) in [5, 5.41) is 17.8. The second kappa shape index (κ2) is 35.1. The van der Waals surface area contributed by atoms with Crippen LogP contribution in [0.2, 0.25) is 0 Å². The molecule has 2 bridgehead atoms. The van der Waals surface area contributed by atoms with Crippen molar-refractivity contribution in [1.29, 1.82) is 0 Å². The predicted octanol–water partition coefficient (Wildman–Crippen LogP) is 6.38. The van der Waals surface area contributed by atoms with Gasteiger partial charge in [0.25, 0.3) is 0 Å². The van der Waals surface area contributed by atoms with Gasteiger partial charge in [0.2, 0.25) is 53.2 Å². The number of nitrogens with two attached hydrogens (primary N) is 2. The van der Waals surface area contributed by atoms with Gasteiger partial charge in [-0.05, 0) is 166 Å². The van der Waals surface area contributed by atoms with E-state index in [9.17, 15) is 28.4 Å². The zero-order chi connectivity index (χ0) is 71.8. The second-order valence-corrected chi connectivity index (χ2v) is 29.0. The number of benzene rings is 4. The van der Waals surface area contributed by atoms with Crippen molar-refractivity contribution in [3.05, 3.63) is 142 Å². The summed E-state index contributed by atoms with van der Waals surface area (Å²) in [6.45, 7) is 7.21. The number of methoxy groups -OCH3 is 1. The number of H-pyrrole nitrogens is 1. The van der Waals surface area contributed by atoms with Gasteiger partial charge in [-0.25, -0.2) is 8.78 Å². The fourth-order valence-corrected chi connectivity index (χ4v) is 15.5. The summed E-state index contributed by atoms with van der Waals surface area (Å²) in [5.41, 5.74) is 15.7. The SMILES string of the molecule is CC[C@H](C)[C@@H]1NC(=O)[C@@H]2CCCN2C(=O)[C@H](CC2=CCc3ccc(F)cc32)NC(=O)[C@H](Cc2c[nH]c3ccc(F)cc23)CC(=O)[C@@H](C)NC(=O)[C@H](CCCCN)NC(=O)CCSCc2cccc(c2)CSC[C@@H](C(N)=O)NC(=O)[C@]2(C)CCCN2C(=O)[C@H](Cc2ccc(OC)cc2)NC1=O.